The summed E-state index contributed by atoms with van der Waals surface area (Å²) in [5.41, 5.74) is 3.65. The van der Waals surface area contributed by atoms with Gasteiger partial charge in [0, 0.05) is 23.2 Å². The molecule has 1 amide bonds. The number of carbonyl (C=O) groups excluding carboxylic acids is 1. The van der Waals surface area contributed by atoms with E-state index in [-0.39, 0.29) is 11.3 Å². The predicted molar refractivity (Wildman–Crippen MR) is 121 cm³/mol. The number of amides is 1. The predicted octanol–water partition coefficient (Wildman–Crippen LogP) is 5.36. The van der Waals surface area contributed by atoms with E-state index in [2.05, 4.69) is 48.3 Å². The van der Waals surface area contributed by atoms with Crippen LogP contribution in [0.15, 0.2) is 48.5 Å². The molecule has 0 saturated carbocycles. The molecule has 0 spiro atoms. The summed E-state index contributed by atoms with van der Waals surface area (Å²) in [6.07, 6.45) is 1.85. The molecular weight excluding hydrogens is 394 g/mol. The molecule has 0 atom stereocenters. The van der Waals surface area contributed by atoms with Gasteiger partial charge in [-0.15, -0.1) is 10.2 Å². The molecule has 1 N–H and O–H groups in total. The molecule has 4 rings (SSSR count). The van der Waals surface area contributed by atoms with E-state index in [9.17, 15) is 4.79 Å². The van der Waals surface area contributed by atoms with E-state index in [1.54, 1.807) is 0 Å². The molecule has 30 heavy (non-hydrogen) atoms. The number of rotatable bonds is 5. The molecule has 0 aliphatic heterocycles. The largest absolute Gasteiger partial charge is 0.322 e. The zero-order valence-corrected chi connectivity index (χ0v) is 18.5. The van der Waals surface area contributed by atoms with Crippen LogP contribution in [0.4, 0.5) is 5.69 Å². The van der Waals surface area contributed by atoms with Gasteiger partial charge >= 0.3 is 0 Å². The van der Waals surface area contributed by atoms with Crippen LogP contribution in [0, 0.1) is 0 Å². The van der Waals surface area contributed by atoms with Gasteiger partial charge in [-0.25, -0.2) is 0 Å². The summed E-state index contributed by atoms with van der Waals surface area (Å²) in [6.45, 7) is 8.58. The van der Waals surface area contributed by atoms with Crippen molar-refractivity contribution in [2.45, 2.75) is 46.0 Å². The van der Waals surface area contributed by atoms with Crippen LogP contribution >= 0.6 is 11.3 Å². The monoisotopic (exact) mass is 419 g/mol. The molecule has 154 valence electrons. The Labute approximate surface area is 180 Å². The van der Waals surface area contributed by atoms with Gasteiger partial charge in [-0.1, -0.05) is 51.2 Å². The second-order valence-electron chi connectivity index (χ2n) is 8.33. The maximum atomic E-state index is 12.6. The van der Waals surface area contributed by atoms with E-state index in [4.69, 9.17) is 0 Å². The lowest BCUT2D eigenvalue weighted by Crippen LogP contribution is -2.14. The number of benzene rings is 2. The Balaban J connectivity index is 1.48. The van der Waals surface area contributed by atoms with Gasteiger partial charge in [-0.2, -0.15) is 9.61 Å². The Morgan fingerprint density at radius 2 is 1.73 bits per heavy atom. The van der Waals surface area contributed by atoms with Crippen molar-refractivity contribution < 1.29 is 4.79 Å². The molecule has 0 unspecified atom stereocenters. The lowest BCUT2D eigenvalue weighted by molar-refractivity contribution is 0.102. The van der Waals surface area contributed by atoms with E-state index < -0.39 is 0 Å². The number of fused-ring (bicyclic) bond motifs is 1. The van der Waals surface area contributed by atoms with Crippen molar-refractivity contribution in [3.63, 3.8) is 0 Å². The summed E-state index contributed by atoms with van der Waals surface area (Å²) in [5, 5.41) is 16.9. The van der Waals surface area contributed by atoms with Gasteiger partial charge in [0.1, 0.15) is 5.01 Å². The van der Waals surface area contributed by atoms with Gasteiger partial charge in [0.25, 0.3) is 5.91 Å². The number of carbonyl (C=O) groups is 1. The highest BCUT2D eigenvalue weighted by molar-refractivity contribution is 7.19. The van der Waals surface area contributed by atoms with Crippen LogP contribution in [0.25, 0.3) is 15.5 Å². The first-order chi connectivity index (χ1) is 14.3. The second-order valence-corrected chi connectivity index (χ2v) is 9.28. The average molecular weight is 420 g/mol. The van der Waals surface area contributed by atoms with Crippen molar-refractivity contribution in [3.05, 3.63) is 65.5 Å². The maximum absolute atomic E-state index is 12.6. The van der Waals surface area contributed by atoms with E-state index in [0.717, 1.165) is 39.9 Å². The number of aromatic nitrogens is 4. The van der Waals surface area contributed by atoms with Gasteiger partial charge in [0.15, 0.2) is 5.82 Å². The molecule has 0 fully saturated rings. The Hall–Kier alpha value is -3.06. The summed E-state index contributed by atoms with van der Waals surface area (Å²) >= 11 is 1.51. The number of hydrogen-bond donors (Lipinski definition) is 1. The molecule has 0 bridgehead atoms. The third-order valence-electron chi connectivity index (χ3n) is 4.93. The Kier molecular flexibility index (Phi) is 5.39. The van der Waals surface area contributed by atoms with Crippen LogP contribution in [0.1, 0.15) is 55.9 Å². The normalized spacial score (nSPS) is 11.7. The van der Waals surface area contributed by atoms with Crippen molar-refractivity contribution in [1.82, 2.24) is 19.8 Å². The van der Waals surface area contributed by atoms with E-state index in [1.807, 2.05) is 53.0 Å². The Morgan fingerprint density at radius 3 is 2.37 bits per heavy atom. The van der Waals surface area contributed by atoms with Crippen LogP contribution in [0.2, 0.25) is 0 Å². The van der Waals surface area contributed by atoms with Crippen LogP contribution in [0.3, 0.4) is 0 Å². The molecule has 2 aromatic heterocycles. The van der Waals surface area contributed by atoms with Crippen molar-refractivity contribution in [1.29, 1.82) is 0 Å². The minimum atomic E-state index is -0.119. The number of aryl methyl sites for hydroxylation is 1. The summed E-state index contributed by atoms with van der Waals surface area (Å²) in [5.74, 6) is 0.766. The van der Waals surface area contributed by atoms with Crippen molar-refractivity contribution in [2.75, 3.05) is 5.32 Å². The van der Waals surface area contributed by atoms with Crippen molar-refractivity contribution in [3.8, 4) is 10.6 Å². The number of hydrogen-bond acceptors (Lipinski definition) is 5. The summed E-state index contributed by atoms with van der Waals surface area (Å²) in [6, 6.07) is 15.5. The third-order valence-corrected chi connectivity index (χ3v) is 5.88. The maximum Gasteiger partial charge on any atom is 0.255 e. The lowest BCUT2D eigenvalue weighted by atomic mass is 9.87. The van der Waals surface area contributed by atoms with Gasteiger partial charge in [0.2, 0.25) is 4.96 Å². The molecule has 0 radical (unpaired) electrons. The molecular formula is C23H25N5OS. The third kappa shape index (κ3) is 4.11. The smallest absolute Gasteiger partial charge is 0.255 e. The zero-order chi connectivity index (χ0) is 21.3. The van der Waals surface area contributed by atoms with Crippen molar-refractivity contribution >= 4 is 27.9 Å². The Bertz CT molecular complexity index is 1170. The van der Waals surface area contributed by atoms with Gasteiger partial charge in [-0.05, 0) is 53.8 Å². The molecule has 0 aliphatic rings. The highest BCUT2D eigenvalue weighted by Gasteiger charge is 2.15. The Morgan fingerprint density at radius 1 is 1.03 bits per heavy atom. The van der Waals surface area contributed by atoms with E-state index >= 15 is 0 Å². The highest BCUT2D eigenvalue weighted by Crippen LogP contribution is 2.27. The van der Waals surface area contributed by atoms with Crippen LogP contribution in [0.5, 0.6) is 0 Å². The molecule has 2 heterocycles. The van der Waals surface area contributed by atoms with Crippen LogP contribution in [-0.4, -0.2) is 25.7 Å². The summed E-state index contributed by atoms with van der Waals surface area (Å²) < 4.78 is 1.82. The number of anilines is 1. The molecule has 4 aromatic rings. The minimum Gasteiger partial charge on any atom is -0.322 e. The fourth-order valence-electron chi connectivity index (χ4n) is 3.17. The molecule has 6 nitrogen and oxygen atoms in total. The van der Waals surface area contributed by atoms with Gasteiger partial charge < -0.3 is 5.32 Å². The topological polar surface area (TPSA) is 72.2 Å². The van der Waals surface area contributed by atoms with E-state index in [0.29, 0.717) is 5.56 Å². The van der Waals surface area contributed by atoms with Gasteiger partial charge in [0.05, 0.1) is 0 Å². The van der Waals surface area contributed by atoms with Crippen LogP contribution in [-0.2, 0) is 11.8 Å². The SMILES string of the molecule is CCCc1nnc2sc(-c3ccc(NC(=O)c4ccc(C(C)(C)C)cc4)cc3)nn12. The number of nitrogens with zero attached hydrogens (tertiary/aromatic N) is 4. The first kappa shape index (κ1) is 20.2. The zero-order valence-electron chi connectivity index (χ0n) is 17.6. The molecule has 7 heteroatoms. The van der Waals surface area contributed by atoms with Gasteiger partial charge in [-0.3, -0.25) is 4.79 Å². The summed E-state index contributed by atoms with van der Waals surface area (Å²) in [7, 11) is 0. The first-order valence-corrected chi connectivity index (χ1v) is 10.9. The molecule has 0 saturated heterocycles. The summed E-state index contributed by atoms with van der Waals surface area (Å²) in [4.78, 5) is 13.4. The quantitative estimate of drug-likeness (QED) is 0.473. The highest BCUT2D eigenvalue weighted by atomic mass is 32.1. The van der Waals surface area contributed by atoms with E-state index in [1.165, 1.54) is 16.9 Å². The number of nitrogens with one attached hydrogen (secondary N) is 1. The van der Waals surface area contributed by atoms with Crippen molar-refractivity contribution in [2.24, 2.45) is 0 Å². The second kappa shape index (κ2) is 7.99. The molecule has 0 aliphatic carbocycles. The first-order valence-electron chi connectivity index (χ1n) is 10.1. The standard InChI is InChI=1S/C23H25N5OS/c1-5-6-19-25-26-22-28(19)27-21(30-22)16-9-13-18(14-10-16)24-20(29)15-7-11-17(12-8-15)23(2,3)4/h7-14H,5-6H2,1-4H3,(H,24,29). The lowest BCUT2D eigenvalue weighted by Gasteiger charge is -2.19. The molecule has 2 aromatic carbocycles. The average Bonchev–Trinajstić information content (AvgIpc) is 3.30. The fraction of sp³-hybridized carbons (Fsp3) is 0.304. The fourth-order valence-corrected chi connectivity index (χ4v) is 4.04. The minimum absolute atomic E-state index is 0.0651. The van der Waals surface area contributed by atoms with Crippen LogP contribution < -0.4 is 5.32 Å².